The Kier molecular flexibility index (Phi) is 6.01. The van der Waals surface area contributed by atoms with Crippen molar-refractivity contribution in [1.29, 1.82) is 0 Å². The second-order valence-electron chi connectivity index (χ2n) is 7.01. The molecule has 0 saturated carbocycles. The minimum Gasteiger partial charge on any atom is -0.495 e. The largest absolute Gasteiger partial charge is 0.495 e. The van der Waals surface area contributed by atoms with Gasteiger partial charge in [-0.05, 0) is 66.0 Å². The summed E-state index contributed by atoms with van der Waals surface area (Å²) in [6.07, 6.45) is 2.37. The van der Waals surface area contributed by atoms with Crippen molar-refractivity contribution in [3.05, 3.63) is 57.9 Å². The van der Waals surface area contributed by atoms with E-state index in [2.05, 4.69) is 61.4 Å². The summed E-state index contributed by atoms with van der Waals surface area (Å²) in [7, 11) is 1.75. The molecule has 2 aromatic carbocycles. The number of methoxy groups -OCH3 is 1. The van der Waals surface area contributed by atoms with Gasteiger partial charge in [-0.25, -0.2) is 0 Å². The molecule has 142 valence electrons. The van der Waals surface area contributed by atoms with Crippen LogP contribution in [0, 0.1) is 0 Å². The molecule has 0 spiro atoms. The molecular weight excluding hydrogens is 420 g/mol. The smallest absolute Gasteiger partial charge is 0.142 e. The van der Waals surface area contributed by atoms with Gasteiger partial charge in [-0.1, -0.05) is 28.1 Å². The summed E-state index contributed by atoms with van der Waals surface area (Å²) >= 11 is 5.46. The van der Waals surface area contributed by atoms with E-state index in [1.54, 1.807) is 7.11 Å². The Morgan fingerprint density at radius 2 is 1.89 bits per heavy atom. The molecule has 2 heterocycles. The van der Waals surface area contributed by atoms with Crippen LogP contribution in [0.15, 0.2) is 52.3 Å². The first-order valence-corrected chi connectivity index (χ1v) is 11.2. The molecule has 5 heteroatoms. The molecule has 0 N–H and O–H groups in total. The molecule has 0 atom stereocenters. The lowest BCUT2D eigenvalue weighted by molar-refractivity contribution is 0.254. The van der Waals surface area contributed by atoms with Crippen molar-refractivity contribution < 1.29 is 4.74 Å². The quantitative estimate of drug-likeness (QED) is 0.504. The summed E-state index contributed by atoms with van der Waals surface area (Å²) in [5.74, 6) is 0.974. The molecule has 0 amide bonds. The van der Waals surface area contributed by atoms with E-state index >= 15 is 0 Å². The van der Waals surface area contributed by atoms with Crippen molar-refractivity contribution in [3.63, 3.8) is 0 Å². The minimum atomic E-state index is 0.974. The zero-order chi connectivity index (χ0) is 18.6. The molecule has 0 bridgehead atoms. The van der Waals surface area contributed by atoms with E-state index in [-0.39, 0.29) is 0 Å². The molecule has 1 aliphatic heterocycles. The van der Waals surface area contributed by atoms with Crippen LogP contribution in [0.25, 0.3) is 10.1 Å². The highest BCUT2D eigenvalue weighted by molar-refractivity contribution is 9.10. The zero-order valence-corrected chi connectivity index (χ0v) is 18.1. The first-order chi connectivity index (χ1) is 13.2. The number of thiophene rings is 1. The first kappa shape index (κ1) is 18.8. The van der Waals surface area contributed by atoms with Gasteiger partial charge in [0.25, 0.3) is 0 Å². The minimum absolute atomic E-state index is 0.974. The van der Waals surface area contributed by atoms with Gasteiger partial charge in [-0.3, -0.25) is 4.90 Å². The first-order valence-electron chi connectivity index (χ1n) is 9.50. The second kappa shape index (κ2) is 8.63. The summed E-state index contributed by atoms with van der Waals surface area (Å²) in [6, 6.07) is 14.9. The van der Waals surface area contributed by atoms with Crippen LogP contribution in [0.3, 0.4) is 0 Å². The maximum atomic E-state index is 5.52. The molecule has 0 aliphatic carbocycles. The van der Waals surface area contributed by atoms with Gasteiger partial charge in [0.15, 0.2) is 0 Å². The lowest BCUT2D eigenvalue weighted by Gasteiger charge is -2.36. The van der Waals surface area contributed by atoms with Gasteiger partial charge in [0.2, 0.25) is 0 Å². The second-order valence-corrected chi connectivity index (χ2v) is 8.83. The van der Waals surface area contributed by atoms with Crippen molar-refractivity contribution in [2.45, 2.75) is 12.8 Å². The average Bonchev–Trinajstić information content (AvgIpc) is 3.10. The number of hydrogen-bond acceptors (Lipinski definition) is 4. The lowest BCUT2D eigenvalue weighted by Crippen LogP contribution is -2.46. The van der Waals surface area contributed by atoms with Crippen LogP contribution in [0.2, 0.25) is 0 Å². The summed E-state index contributed by atoms with van der Waals surface area (Å²) in [4.78, 5) is 5.04. The topological polar surface area (TPSA) is 15.7 Å². The van der Waals surface area contributed by atoms with Crippen LogP contribution in [-0.4, -0.2) is 44.7 Å². The number of halogens is 1. The summed E-state index contributed by atoms with van der Waals surface area (Å²) < 4.78 is 8.07. The predicted molar refractivity (Wildman–Crippen MR) is 119 cm³/mol. The van der Waals surface area contributed by atoms with Crippen LogP contribution < -0.4 is 9.64 Å². The molecule has 27 heavy (non-hydrogen) atoms. The molecule has 1 aliphatic rings. The van der Waals surface area contributed by atoms with Gasteiger partial charge < -0.3 is 9.64 Å². The van der Waals surface area contributed by atoms with E-state index in [4.69, 9.17) is 4.74 Å². The summed E-state index contributed by atoms with van der Waals surface area (Å²) in [5, 5.41) is 3.74. The SMILES string of the molecule is COc1ccccc1N1CCN(CCCc2csc3ccc(Br)cc23)CC1. The van der Waals surface area contributed by atoms with E-state index in [1.165, 1.54) is 38.8 Å². The van der Waals surface area contributed by atoms with Crippen LogP contribution >= 0.6 is 27.3 Å². The van der Waals surface area contributed by atoms with Gasteiger partial charge in [-0.2, -0.15) is 0 Å². The Bertz CT molecular complexity index is 902. The van der Waals surface area contributed by atoms with Gasteiger partial charge in [0, 0.05) is 35.4 Å². The maximum Gasteiger partial charge on any atom is 0.142 e. The Balaban J connectivity index is 1.29. The third-order valence-electron chi connectivity index (χ3n) is 5.33. The van der Waals surface area contributed by atoms with E-state index in [0.717, 1.165) is 38.3 Å². The molecule has 3 nitrogen and oxygen atoms in total. The fourth-order valence-electron chi connectivity index (χ4n) is 3.84. The standard InChI is InChI=1S/C22H25BrN2OS/c1-26-21-7-3-2-6-20(21)25-13-11-24(12-14-25)10-4-5-17-16-27-22-9-8-18(23)15-19(17)22/h2-3,6-9,15-16H,4-5,10-14H2,1H3. The van der Waals surface area contributed by atoms with Crippen molar-refractivity contribution in [2.24, 2.45) is 0 Å². The predicted octanol–water partition coefficient (Wildman–Crippen LogP) is 5.43. The number of piperazine rings is 1. The third kappa shape index (κ3) is 4.31. The number of fused-ring (bicyclic) bond motifs is 1. The fourth-order valence-corrected chi connectivity index (χ4v) is 5.18. The zero-order valence-electron chi connectivity index (χ0n) is 15.7. The highest BCUT2D eigenvalue weighted by Gasteiger charge is 2.19. The normalized spacial score (nSPS) is 15.4. The van der Waals surface area contributed by atoms with E-state index in [0.29, 0.717) is 0 Å². The Hall–Kier alpha value is -1.56. The third-order valence-corrected chi connectivity index (χ3v) is 6.84. The van der Waals surface area contributed by atoms with Gasteiger partial charge in [0.05, 0.1) is 12.8 Å². The highest BCUT2D eigenvalue weighted by Crippen LogP contribution is 2.30. The maximum absolute atomic E-state index is 5.52. The Morgan fingerprint density at radius 3 is 2.70 bits per heavy atom. The van der Waals surface area contributed by atoms with Crippen molar-refractivity contribution >= 4 is 43.0 Å². The molecule has 4 rings (SSSR count). The number of hydrogen-bond donors (Lipinski definition) is 0. The molecule has 1 fully saturated rings. The van der Waals surface area contributed by atoms with Gasteiger partial charge in [0.1, 0.15) is 5.75 Å². The van der Waals surface area contributed by atoms with Crippen LogP contribution in [0.1, 0.15) is 12.0 Å². The van der Waals surface area contributed by atoms with Crippen molar-refractivity contribution in [3.8, 4) is 5.75 Å². The molecule has 1 aromatic heterocycles. The molecule has 1 saturated heterocycles. The molecule has 3 aromatic rings. The number of benzene rings is 2. The van der Waals surface area contributed by atoms with Crippen molar-refractivity contribution in [1.82, 2.24) is 4.90 Å². The number of aryl methyl sites for hydroxylation is 1. The number of ether oxygens (including phenoxy) is 1. The van der Waals surface area contributed by atoms with E-state index < -0.39 is 0 Å². The molecular formula is C22H25BrN2OS. The van der Waals surface area contributed by atoms with Gasteiger partial charge in [-0.15, -0.1) is 11.3 Å². The number of anilines is 1. The van der Waals surface area contributed by atoms with Crippen LogP contribution in [0.5, 0.6) is 5.75 Å². The lowest BCUT2D eigenvalue weighted by atomic mass is 10.1. The number of para-hydroxylation sites is 2. The fraction of sp³-hybridized carbons (Fsp3) is 0.364. The summed E-state index contributed by atoms with van der Waals surface area (Å²) in [6.45, 7) is 5.54. The number of rotatable bonds is 6. The Morgan fingerprint density at radius 1 is 1.07 bits per heavy atom. The molecule has 0 unspecified atom stereocenters. The highest BCUT2D eigenvalue weighted by atomic mass is 79.9. The summed E-state index contributed by atoms with van der Waals surface area (Å²) in [5.41, 5.74) is 2.71. The van der Waals surface area contributed by atoms with E-state index in [1.807, 2.05) is 23.5 Å². The monoisotopic (exact) mass is 444 g/mol. The van der Waals surface area contributed by atoms with Crippen LogP contribution in [-0.2, 0) is 6.42 Å². The number of nitrogens with zero attached hydrogens (tertiary/aromatic N) is 2. The average molecular weight is 445 g/mol. The molecule has 0 radical (unpaired) electrons. The Labute approximate surface area is 173 Å². The van der Waals surface area contributed by atoms with E-state index in [9.17, 15) is 0 Å². The van der Waals surface area contributed by atoms with Crippen LogP contribution in [0.4, 0.5) is 5.69 Å². The van der Waals surface area contributed by atoms with Gasteiger partial charge >= 0.3 is 0 Å². The van der Waals surface area contributed by atoms with Crippen molar-refractivity contribution in [2.75, 3.05) is 44.7 Å².